The minimum absolute atomic E-state index is 0.157. The summed E-state index contributed by atoms with van der Waals surface area (Å²) < 4.78 is 4.42. The van der Waals surface area contributed by atoms with Crippen molar-refractivity contribution in [1.29, 1.82) is 0 Å². The Labute approximate surface area is 84.2 Å². The summed E-state index contributed by atoms with van der Waals surface area (Å²) >= 11 is 0. The third-order valence-corrected chi connectivity index (χ3v) is 2.67. The fourth-order valence-corrected chi connectivity index (χ4v) is 1.78. The van der Waals surface area contributed by atoms with Crippen LogP contribution in [0.4, 0.5) is 0 Å². The monoisotopic (exact) mass is 199 g/mol. The van der Waals surface area contributed by atoms with Gasteiger partial charge in [-0.05, 0) is 19.8 Å². The molecule has 0 aromatic carbocycles. The first-order valence-corrected chi connectivity index (χ1v) is 5.05. The van der Waals surface area contributed by atoms with Gasteiger partial charge in [0.1, 0.15) is 0 Å². The fourth-order valence-electron chi connectivity index (χ4n) is 1.78. The highest BCUT2D eigenvalue weighted by Gasteiger charge is 2.27. The molecule has 0 aromatic rings. The Hall–Kier alpha value is -1.06. The highest BCUT2D eigenvalue weighted by atomic mass is 16.5. The molecule has 1 saturated heterocycles. The van der Waals surface area contributed by atoms with Crippen LogP contribution in [0.25, 0.3) is 0 Å². The Morgan fingerprint density at radius 2 is 2.00 bits per heavy atom. The van der Waals surface area contributed by atoms with Gasteiger partial charge >= 0.3 is 11.9 Å². The number of carbonyl (C=O) groups excluding carboxylic acids is 2. The Morgan fingerprint density at radius 3 is 2.64 bits per heavy atom. The zero-order chi connectivity index (χ0) is 10.6. The number of nitrogens with zero attached hydrogens (tertiary/aromatic N) is 1. The lowest BCUT2D eigenvalue weighted by Crippen LogP contribution is -2.42. The molecular formula is C10H17NO3. The minimum Gasteiger partial charge on any atom is -0.462 e. The molecule has 4 nitrogen and oxygen atoms in total. The van der Waals surface area contributed by atoms with Crippen LogP contribution in [0.3, 0.4) is 0 Å². The van der Waals surface area contributed by atoms with Crippen LogP contribution in [0.15, 0.2) is 0 Å². The van der Waals surface area contributed by atoms with Crippen molar-refractivity contribution in [2.75, 3.05) is 13.7 Å². The average Bonchev–Trinajstić information content (AvgIpc) is 2.40. The molecule has 80 valence electrons. The van der Waals surface area contributed by atoms with Crippen LogP contribution in [0.1, 0.15) is 32.6 Å². The predicted octanol–water partition coefficient (Wildman–Crippen LogP) is 0.950. The summed E-state index contributed by atoms with van der Waals surface area (Å²) in [6, 6.07) is 0.157. The summed E-state index contributed by atoms with van der Waals surface area (Å²) in [4.78, 5) is 24.2. The molecule has 1 unspecified atom stereocenters. The van der Waals surface area contributed by atoms with Crippen molar-refractivity contribution in [3.8, 4) is 0 Å². The lowest BCUT2D eigenvalue weighted by atomic mass is 10.1. The van der Waals surface area contributed by atoms with E-state index >= 15 is 0 Å². The molecule has 4 heteroatoms. The molecule has 0 N–H and O–H groups in total. The fraction of sp³-hybridized carbons (Fsp3) is 0.800. The van der Waals surface area contributed by atoms with Gasteiger partial charge in [0, 0.05) is 12.6 Å². The van der Waals surface area contributed by atoms with Gasteiger partial charge in [0.25, 0.3) is 0 Å². The summed E-state index contributed by atoms with van der Waals surface area (Å²) in [7, 11) is 1.24. The topological polar surface area (TPSA) is 46.6 Å². The summed E-state index contributed by atoms with van der Waals surface area (Å²) in [5, 5.41) is 0. The predicted molar refractivity (Wildman–Crippen MR) is 51.7 cm³/mol. The van der Waals surface area contributed by atoms with E-state index in [0.717, 1.165) is 25.7 Å². The number of likely N-dealkylation sites (tertiary alicyclic amines) is 1. The molecule has 0 bridgehead atoms. The smallest absolute Gasteiger partial charge is 0.396 e. The third kappa shape index (κ3) is 2.47. The molecule has 1 aliphatic rings. The largest absolute Gasteiger partial charge is 0.462 e. The number of rotatable bonds is 0. The van der Waals surface area contributed by atoms with Crippen molar-refractivity contribution in [2.24, 2.45) is 0 Å². The van der Waals surface area contributed by atoms with Gasteiger partial charge in [-0.25, -0.2) is 4.79 Å². The minimum atomic E-state index is -0.751. The average molecular weight is 199 g/mol. The van der Waals surface area contributed by atoms with Crippen LogP contribution in [0.5, 0.6) is 0 Å². The standard InChI is InChI=1S/C10H17NO3/c1-8-6-4-3-5-7-11(8)9(12)10(13)14-2/h8H,3-7H2,1-2H3. The van der Waals surface area contributed by atoms with E-state index in [-0.39, 0.29) is 6.04 Å². The molecule has 14 heavy (non-hydrogen) atoms. The van der Waals surface area contributed by atoms with Crippen molar-refractivity contribution in [3.63, 3.8) is 0 Å². The second-order valence-corrected chi connectivity index (χ2v) is 3.69. The van der Waals surface area contributed by atoms with Crippen LogP contribution in [-0.4, -0.2) is 36.5 Å². The molecule has 1 amide bonds. The van der Waals surface area contributed by atoms with Gasteiger partial charge in [-0.2, -0.15) is 0 Å². The van der Waals surface area contributed by atoms with Crippen LogP contribution < -0.4 is 0 Å². The molecule has 1 fully saturated rings. The van der Waals surface area contributed by atoms with Crippen LogP contribution in [-0.2, 0) is 14.3 Å². The first-order chi connectivity index (χ1) is 6.66. The van der Waals surface area contributed by atoms with E-state index in [2.05, 4.69) is 4.74 Å². The summed E-state index contributed by atoms with van der Waals surface area (Å²) in [6.07, 6.45) is 4.22. The van der Waals surface area contributed by atoms with E-state index in [1.807, 2.05) is 6.92 Å². The van der Waals surface area contributed by atoms with Crippen molar-refractivity contribution in [2.45, 2.75) is 38.6 Å². The number of ether oxygens (including phenoxy) is 1. The number of hydrogen-bond acceptors (Lipinski definition) is 3. The van der Waals surface area contributed by atoms with Crippen LogP contribution in [0.2, 0.25) is 0 Å². The second-order valence-electron chi connectivity index (χ2n) is 3.69. The van der Waals surface area contributed by atoms with Crippen LogP contribution >= 0.6 is 0 Å². The van der Waals surface area contributed by atoms with Crippen LogP contribution in [0, 0.1) is 0 Å². The molecule has 1 atom stereocenters. The molecule has 0 aliphatic carbocycles. The number of esters is 1. The first-order valence-electron chi connectivity index (χ1n) is 5.05. The lowest BCUT2D eigenvalue weighted by Gasteiger charge is -2.25. The SMILES string of the molecule is COC(=O)C(=O)N1CCCCCC1C. The number of hydrogen-bond donors (Lipinski definition) is 0. The van der Waals surface area contributed by atoms with Gasteiger partial charge in [-0.3, -0.25) is 4.79 Å². The van der Waals surface area contributed by atoms with Gasteiger partial charge in [0.2, 0.25) is 0 Å². The Balaban J connectivity index is 2.63. The van der Waals surface area contributed by atoms with E-state index < -0.39 is 11.9 Å². The van der Waals surface area contributed by atoms with E-state index in [1.165, 1.54) is 7.11 Å². The number of methoxy groups -OCH3 is 1. The van der Waals surface area contributed by atoms with E-state index in [9.17, 15) is 9.59 Å². The molecule has 1 heterocycles. The van der Waals surface area contributed by atoms with Crippen molar-refractivity contribution in [3.05, 3.63) is 0 Å². The molecule has 0 spiro atoms. The zero-order valence-electron chi connectivity index (χ0n) is 8.78. The maximum Gasteiger partial charge on any atom is 0.396 e. The lowest BCUT2D eigenvalue weighted by molar-refractivity contribution is -0.159. The molecule has 1 aliphatic heterocycles. The summed E-state index contributed by atoms with van der Waals surface area (Å²) in [5.74, 6) is -1.25. The maximum absolute atomic E-state index is 11.5. The van der Waals surface area contributed by atoms with Gasteiger partial charge < -0.3 is 9.64 Å². The third-order valence-electron chi connectivity index (χ3n) is 2.67. The quantitative estimate of drug-likeness (QED) is 0.431. The van der Waals surface area contributed by atoms with Gasteiger partial charge in [-0.15, -0.1) is 0 Å². The van der Waals surface area contributed by atoms with Crippen molar-refractivity contribution < 1.29 is 14.3 Å². The second kappa shape index (κ2) is 4.98. The molecule has 1 rings (SSSR count). The van der Waals surface area contributed by atoms with E-state index in [4.69, 9.17) is 0 Å². The van der Waals surface area contributed by atoms with E-state index in [1.54, 1.807) is 4.90 Å². The van der Waals surface area contributed by atoms with E-state index in [0.29, 0.717) is 6.54 Å². The van der Waals surface area contributed by atoms with Gasteiger partial charge in [0.05, 0.1) is 7.11 Å². The molecular weight excluding hydrogens is 182 g/mol. The van der Waals surface area contributed by atoms with Gasteiger partial charge in [-0.1, -0.05) is 12.8 Å². The summed E-state index contributed by atoms with van der Waals surface area (Å²) in [5.41, 5.74) is 0. The zero-order valence-corrected chi connectivity index (χ0v) is 8.78. The molecule has 0 aromatic heterocycles. The first kappa shape index (κ1) is 11.0. The summed E-state index contributed by atoms with van der Waals surface area (Å²) in [6.45, 7) is 2.65. The Kier molecular flexibility index (Phi) is 3.92. The highest BCUT2D eigenvalue weighted by molar-refractivity contribution is 6.32. The van der Waals surface area contributed by atoms with Gasteiger partial charge in [0.15, 0.2) is 0 Å². The molecule has 0 saturated carbocycles. The Bertz CT molecular complexity index is 227. The number of carbonyl (C=O) groups is 2. The number of amides is 1. The molecule has 0 radical (unpaired) electrons. The van der Waals surface area contributed by atoms with Crippen molar-refractivity contribution in [1.82, 2.24) is 4.90 Å². The van der Waals surface area contributed by atoms with Crippen molar-refractivity contribution >= 4 is 11.9 Å². The Morgan fingerprint density at radius 1 is 1.29 bits per heavy atom. The maximum atomic E-state index is 11.5. The highest BCUT2D eigenvalue weighted by Crippen LogP contribution is 2.16. The normalized spacial score (nSPS) is 22.7.